The molecule has 5 nitrogen and oxygen atoms in total. The average Bonchev–Trinajstić information content (AvgIpc) is 2.99. The van der Waals surface area contributed by atoms with Gasteiger partial charge in [0.1, 0.15) is 4.88 Å². The highest BCUT2D eigenvalue weighted by atomic mass is 32.1. The predicted molar refractivity (Wildman–Crippen MR) is 74.0 cm³/mol. The third-order valence-electron chi connectivity index (χ3n) is 3.40. The molecule has 0 bridgehead atoms. The Hall–Kier alpha value is -2.21. The summed E-state index contributed by atoms with van der Waals surface area (Å²) in [7, 11) is 0. The van der Waals surface area contributed by atoms with Crippen molar-refractivity contribution in [1.82, 2.24) is 9.88 Å². The normalized spacial score (nSPS) is 13.9. The molecule has 0 atom stereocenters. The number of carboxylic acids is 1. The second-order valence-electron chi connectivity index (χ2n) is 4.63. The van der Waals surface area contributed by atoms with Gasteiger partial charge >= 0.3 is 5.97 Å². The van der Waals surface area contributed by atoms with Gasteiger partial charge in [-0.05, 0) is 29.7 Å². The van der Waals surface area contributed by atoms with E-state index in [2.05, 4.69) is 4.98 Å². The highest BCUT2D eigenvalue weighted by molar-refractivity contribution is 7.11. The van der Waals surface area contributed by atoms with E-state index in [0.717, 1.165) is 17.5 Å². The summed E-state index contributed by atoms with van der Waals surface area (Å²) >= 11 is 1.32. The smallest absolute Gasteiger partial charge is 0.335 e. The van der Waals surface area contributed by atoms with Gasteiger partial charge in [0.25, 0.3) is 5.91 Å². The molecule has 2 heterocycles. The SMILES string of the molecule is O=C(O)c1ccc2c(c1)CN(C(=O)c1cncs1)CC2. The second kappa shape index (κ2) is 5.05. The lowest BCUT2D eigenvalue weighted by atomic mass is 9.97. The van der Waals surface area contributed by atoms with E-state index in [1.165, 1.54) is 11.3 Å². The van der Waals surface area contributed by atoms with Crippen molar-refractivity contribution in [3.05, 3.63) is 51.5 Å². The van der Waals surface area contributed by atoms with E-state index in [1.54, 1.807) is 28.7 Å². The van der Waals surface area contributed by atoms with Gasteiger partial charge in [-0.1, -0.05) is 6.07 Å². The molecule has 0 unspecified atom stereocenters. The summed E-state index contributed by atoms with van der Waals surface area (Å²) in [6.07, 6.45) is 2.32. The summed E-state index contributed by atoms with van der Waals surface area (Å²) < 4.78 is 0. The number of benzene rings is 1. The average molecular weight is 288 g/mol. The number of aromatic nitrogens is 1. The molecular weight excluding hydrogens is 276 g/mol. The van der Waals surface area contributed by atoms with Crippen molar-refractivity contribution in [1.29, 1.82) is 0 Å². The van der Waals surface area contributed by atoms with Crippen molar-refractivity contribution < 1.29 is 14.7 Å². The number of thiazole rings is 1. The minimum absolute atomic E-state index is 0.0427. The summed E-state index contributed by atoms with van der Waals surface area (Å²) in [6, 6.07) is 5.11. The van der Waals surface area contributed by atoms with Gasteiger partial charge in [0, 0.05) is 13.1 Å². The molecule has 3 rings (SSSR count). The molecule has 1 aromatic heterocycles. The van der Waals surface area contributed by atoms with Gasteiger partial charge in [0.15, 0.2) is 0 Å². The largest absolute Gasteiger partial charge is 0.478 e. The minimum atomic E-state index is -0.946. The highest BCUT2D eigenvalue weighted by Gasteiger charge is 2.23. The molecule has 0 saturated carbocycles. The molecule has 20 heavy (non-hydrogen) atoms. The molecule has 0 fully saturated rings. The minimum Gasteiger partial charge on any atom is -0.478 e. The molecule has 1 aromatic carbocycles. The molecular formula is C14H12N2O3S. The fraction of sp³-hybridized carbons (Fsp3) is 0.214. The standard InChI is InChI=1S/C14H12N2O3S/c17-13(12-6-15-8-20-12)16-4-3-9-1-2-10(14(18)19)5-11(9)7-16/h1-2,5-6,8H,3-4,7H2,(H,18,19). The molecule has 6 heteroatoms. The molecule has 2 aromatic rings. The van der Waals surface area contributed by atoms with E-state index < -0.39 is 5.97 Å². The fourth-order valence-electron chi connectivity index (χ4n) is 2.34. The number of carbonyl (C=O) groups is 2. The van der Waals surface area contributed by atoms with Crippen molar-refractivity contribution in [3.8, 4) is 0 Å². The van der Waals surface area contributed by atoms with Crippen molar-refractivity contribution in [2.24, 2.45) is 0 Å². The molecule has 1 N–H and O–H groups in total. The first-order valence-electron chi connectivity index (χ1n) is 6.18. The molecule has 1 aliphatic heterocycles. The summed E-state index contributed by atoms with van der Waals surface area (Å²) in [5.74, 6) is -0.988. The van der Waals surface area contributed by atoms with E-state index in [9.17, 15) is 9.59 Å². The van der Waals surface area contributed by atoms with Gasteiger partial charge in [0.2, 0.25) is 0 Å². The lowest BCUT2D eigenvalue weighted by molar-refractivity contribution is 0.0696. The predicted octanol–water partition coefficient (Wildman–Crippen LogP) is 2.04. The van der Waals surface area contributed by atoms with Gasteiger partial charge in [-0.3, -0.25) is 9.78 Å². The van der Waals surface area contributed by atoms with E-state index in [-0.39, 0.29) is 11.5 Å². The Morgan fingerprint density at radius 2 is 2.15 bits per heavy atom. The zero-order chi connectivity index (χ0) is 14.1. The second-order valence-corrected chi connectivity index (χ2v) is 5.52. The third-order valence-corrected chi connectivity index (χ3v) is 4.16. The number of hydrogen-bond acceptors (Lipinski definition) is 4. The van der Waals surface area contributed by atoms with Gasteiger partial charge in [-0.2, -0.15) is 0 Å². The Kier molecular flexibility index (Phi) is 3.23. The number of nitrogens with zero attached hydrogens (tertiary/aromatic N) is 2. The van der Waals surface area contributed by atoms with Crippen LogP contribution in [0.15, 0.2) is 29.9 Å². The molecule has 0 spiro atoms. The number of amides is 1. The van der Waals surface area contributed by atoms with Gasteiger partial charge < -0.3 is 10.0 Å². The van der Waals surface area contributed by atoms with Crippen molar-refractivity contribution in [2.75, 3.05) is 6.54 Å². The van der Waals surface area contributed by atoms with Crippen LogP contribution < -0.4 is 0 Å². The number of fused-ring (bicyclic) bond motifs is 1. The number of hydrogen-bond donors (Lipinski definition) is 1. The van der Waals surface area contributed by atoms with E-state index >= 15 is 0 Å². The van der Waals surface area contributed by atoms with Crippen LogP contribution in [0.5, 0.6) is 0 Å². The Balaban J connectivity index is 1.85. The van der Waals surface area contributed by atoms with Crippen LogP contribution >= 0.6 is 11.3 Å². The lowest BCUT2D eigenvalue weighted by Gasteiger charge is -2.28. The molecule has 1 aliphatic rings. The summed E-state index contributed by atoms with van der Waals surface area (Å²) in [5.41, 5.74) is 3.92. The number of carboxylic acid groups (broad SMARTS) is 1. The van der Waals surface area contributed by atoms with Crippen LogP contribution in [0.1, 0.15) is 31.2 Å². The van der Waals surface area contributed by atoms with Gasteiger partial charge in [0.05, 0.1) is 17.3 Å². The highest BCUT2D eigenvalue weighted by Crippen LogP contribution is 2.22. The lowest BCUT2D eigenvalue weighted by Crippen LogP contribution is -2.35. The topological polar surface area (TPSA) is 70.5 Å². The van der Waals surface area contributed by atoms with Crippen LogP contribution in [0.25, 0.3) is 0 Å². The van der Waals surface area contributed by atoms with Crippen LogP contribution in [0.2, 0.25) is 0 Å². The van der Waals surface area contributed by atoms with Crippen molar-refractivity contribution in [3.63, 3.8) is 0 Å². The van der Waals surface area contributed by atoms with E-state index in [1.807, 2.05) is 6.07 Å². The maximum absolute atomic E-state index is 12.3. The monoisotopic (exact) mass is 288 g/mol. The van der Waals surface area contributed by atoms with Crippen molar-refractivity contribution in [2.45, 2.75) is 13.0 Å². The Labute approximate surface area is 119 Å². The Bertz CT molecular complexity index is 667. The Morgan fingerprint density at radius 1 is 1.30 bits per heavy atom. The van der Waals surface area contributed by atoms with Gasteiger partial charge in [-0.25, -0.2) is 4.79 Å². The maximum atomic E-state index is 12.3. The zero-order valence-corrected chi connectivity index (χ0v) is 11.4. The number of rotatable bonds is 2. The molecule has 1 amide bonds. The van der Waals surface area contributed by atoms with Crippen LogP contribution in [-0.4, -0.2) is 33.4 Å². The quantitative estimate of drug-likeness (QED) is 0.918. The van der Waals surface area contributed by atoms with Crippen LogP contribution in [0, 0.1) is 0 Å². The fourth-order valence-corrected chi connectivity index (χ4v) is 2.93. The summed E-state index contributed by atoms with van der Waals surface area (Å²) in [5, 5.41) is 9.02. The molecule has 102 valence electrons. The third kappa shape index (κ3) is 2.30. The van der Waals surface area contributed by atoms with E-state index in [0.29, 0.717) is 18.0 Å². The van der Waals surface area contributed by atoms with E-state index in [4.69, 9.17) is 5.11 Å². The van der Waals surface area contributed by atoms with Crippen LogP contribution in [0.3, 0.4) is 0 Å². The number of aromatic carboxylic acids is 1. The first-order chi connectivity index (χ1) is 9.65. The summed E-state index contributed by atoms with van der Waals surface area (Å²) in [4.78, 5) is 29.5. The first kappa shape index (κ1) is 12.8. The maximum Gasteiger partial charge on any atom is 0.335 e. The molecule has 0 aliphatic carbocycles. The van der Waals surface area contributed by atoms with Gasteiger partial charge in [-0.15, -0.1) is 11.3 Å². The van der Waals surface area contributed by atoms with Crippen molar-refractivity contribution >= 4 is 23.2 Å². The Morgan fingerprint density at radius 3 is 2.85 bits per heavy atom. The molecule has 0 radical (unpaired) electrons. The first-order valence-corrected chi connectivity index (χ1v) is 7.06. The van der Waals surface area contributed by atoms with Crippen LogP contribution in [0.4, 0.5) is 0 Å². The summed E-state index contributed by atoms with van der Waals surface area (Å²) in [6.45, 7) is 1.10. The zero-order valence-electron chi connectivity index (χ0n) is 10.6. The number of carbonyl (C=O) groups excluding carboxylic acids is 1. The molecule has 0 saturated heterocycles. The van der Waals surface area contributed by atoms with Crippen LogP contribution in [-0.2, 0) is 13.0 Å².